The average molecular weight is 410 g/mol. The van der Waals surface area contributed by atoms with E-state index in [4.69, 9.17) is 9.47 Å². The van der Waals surface area contributed by atoms with Crippen molar-refractivity contribution in [1.29, 1.82) is 0 Å². The number of nitrogens with zero attached hydrogens (tertiary/aromatic N) is 1. The van der Waals surface area contributed by atoms with E-state index in [1.54, 1.807) is 0 Å². The maximum absolute atomic E-state index is 13.5. The summed E-state index contributed by atoms with van der Waals surface area (Å²) in [7, 11) is -1.26. The summed E-state index contributed by atoms with van der Waals surface area (Å²) in [6.07, 6.45) is 4.08. The summed E-state index contributed by atoms with van der Waals surface area (Å²) in [5.41, 5.74) is 0.269. The van der Waals surface area contributed by atoms with Gasteiger partial charge in [-0.1, -0.05) is 12.8 Å². The minimum atomic E-state index is -3.97. The number of methoxy groups -OCH3 is 2. The Balaban J connectivity index is 2.04. The zero-order valence-electron chi connectivity index (χ0n) is 16.3. The van der Waals surface area contributed by atoms with Crippen LogP contribution in [0.15, 0.2) is 23.1 Å². The molecule has 154 valence electrons. The molecule has 2 fully saturated rings. The van der Waals surface area contributed by atoms with Crippen molar-refractivity contribution >= 4 is 27.6 Å². The molecule has 3 rings (SSSR count). The van der Waals surface area contributed by atoms with Gasteiger partial charge in [0.2, 0.25) is 15.9 Å². The Hall–Kier alpha value is -2.13. The Kier molecular flexibility index (Phi) is 5.95. The lowest BCUT2D eigenvalue weighted by molar-refractivity contribution is -0.144. The highest BCUT2D eigenvalue weighted by molar-refractivity contribution is 7.89. The first-order valence-corrected chi connectivity index (χ1v) is 10.8. The lowest BCUT2D eigenvalue weighted by Gasteiger charge is -2.32. The van der Waals surface area contributed by atoms with Crippen LogP contribution in [0.5, 0.6) is 5.75 Å². The van der Waals surface area contributed by atoms with E-state index in [2.05, 4.69) is 5.32 Å². The van der Waals surface area contributed by atoms with Gasteiger partial charge in [-0.15, -0.1) is 0 Å². The summed E-state index contributed by atoms with van der Waals surface area (Å²) in [6.45, 7) is 1.33. The van der Waals surface area contributed by atoms with E-state index in [0.717, 1.165) is 25.7 Å². The molecule has 1 aliphatic carbocycles. The van der Waals surface area contributed by atoms with Gasteiger partial charge in [0, 0.05) is 13.0 Å². The number of sulfonamides is 1. The smallest absolute Gasteiger partial charge is 0.324 e. The number of anilines is 1. The standard InChI is InChI=1S/C19H26N2O6S/c1-12(22)20-15-11-14(8-9-18(15)26-2)28(24,25)21-16-7-5-4-6-13(16)10-17(21)19(23)27-3/h8-9,11,13,16-17H,4-7,10H2,1-3H3,(H,20,22). The number of esters is 1. The summed E-state index contributed by atoms with van der Waals surface area (Å²) in [5, 5.41) is 2.59. The molecule has 3 unspecified atom stereocenters. The molecule has 3 atom stereocenters. The fourth-order valence-corrected chi connectivity index (χ4v) is 6.25. The number of rotatable bonds is 5. The van der Waals surface area contributed by atoms with Crippen LogP contribution in [0.4, 0.5) is 5.69 Å². The Bertz CT molecular complexity index is 869. The second kappa shape index (κ2) is 8.08. The van der Waals surface area contributed by atoms with E-state index in [9.17, 15) is 18.0 Å². The highest BCUT2D eigenvalue weighted by Gasteiger charge is 2.51. The van der Waals surface area contributed by atoms with E-state index in [1.807, 2.05) is 0 Å². The van der Waals surface area contributed by atoms with Gasteiger partial charge in [0.05, 0.1) is 24.8 Å². The Morgan fingerprint density at radius 3 is 2.54 bits per heavy atom. The van der Waals surface area contributed by atoms with Gasteiger partial charge in [0.15, 0.2) is 0 Å². The predicted octanol–water partition coefficient (Wildman–Crippen LogP) is 2.15. The molecular formula is C19H26N2O6S. The van der Waals surface area contributed by atoms with Crippen LogP contribution in [-0.4, -0.2) is 50.9 Å². The number of amides is 1. The minimum absolute atomic E-state index is 0.0113. The number of hydrogen-bond donors (Lipinski definition) is 1. The first-order chi connectivity index (χ1) is 13.3. The number of benzene rings is 1. The zero-order valence-corrected chi connectivity index (χ0v) is 17.1. The number of hydrogen-bond acceptors (Lipinski definition) is 6. The zero-order chi connectivity index (χ0) is 20.5. The number of carbonyl (C=O) groups is 2. The lowest BCUT2D eigenvalue weighted by atomic mass is 9.85. The first kappa shape index (κ1) is 20.6. The van der Waals surface area contributed by atoms with Gasteiger partial charge in [0.1, 0.15) is 11.8 Å². The Morgan fingerprint density at radius 2 is 1.89 bits per heavy atom. The van der Waals surface area contributed by atoms with Gasteiger partial charge in [-0.25, -0.2) is 8.42 Å². The molecule has 9 heteroatoms. The largest absolute Gasteiger partial charge is 0.495 e. The molecule has 1 aromatic carbocycles. The van der Waals surface area contributed by atoms with Crippen LogP contribution >= 0.6 is 0 Å². The van der Waals surface area contributed by atoms with Gasteiger partial charge >= 0.3 is 5.97 Å². The number of fused-ring (bicyclic) bond motifs is 1. The summed E-state index contributed by atoms with van der Waals surface area (Å²) in [4.78, 5) is 23.8. The topological polar surface area (TPSA) is 102 Å². The van der Waals surface area contributed by atoms with Crippen LogP contribution < -0.4 is 10.1 Å². The molecule has 0 aromatic heterocycles. The van der Waals surface area contributed by atoms with E-state index in [-0.39, 0.29) is 28.4 Å². The van der Waals surface area contributed by atoms with Crippen LogP contribution in [0, 0.1) is 5.92 Å². The molecule has 1 amide bonds. The van der Waals surface area contributed by atoms with Crippen molar-refractivity contribution in [2.75, 3.05) is 19.5 Å². The molecule has 28 heavy (non-hydrogen) atoms. The highest BCUT2D eigenvalue weighted by atomic mass is 32.2. The van der Waals surface area contributed by atoms with E-state index in [1.165, 1.54) is 43.6 Å². The summed E-state index contributed by atoms with van der Waals surface area (Å²) in [5.74, 6) is -0.362. The minimum Gasteiger partial charge on any atom is -0.495 e. The van der Waals surface area contributed by atoms with Gasteiger partial charge in [0.25, 0.3) is 0 Å². The molecule has 1 aliphatic heterocycles. The normalized spacial score (nSPS) is 25.0. The Morgan fingerprint density at radius 1 is 1.18 bits per heavy atom. The second-order valence-electron chi connectivity index (χ2n) is 7.26. The van der Waals surface area contributed by atoms with Crippen molar-refractivity contribution in [3.63, 3.8) is 0 Å². The van der Waals surface area contributed by atoms with E-state index in [0.29, 0.717) is 12.2 Å². The first-order valence-electron chi connectivity index (χ1n) is 9.36. The second-order valence-corrected chi connectivity index (χ2v) is 9.11. The molecule has 0 radical (unpaired) electrons. The van der Waals surface area contributed by atoms with Gasteiger partial charge in [-0.2, -0.15) is 4.31 Å². The third-order valence-corrected chi connectivity index (χ3v) is 7.49. The highest BCUT2D eigenvalue weighted by Crippen LogP contribution is 2.43. The molecule has 2 aliphatic rings. The predicted molar refractivity (Wildman–Crippen MR) is 102 cm³/mol. The molecule has 1 heterocycles. The van der Waals surface area contributed by atoms with Crippen LogP contribution in [0.25, 0.3) is 0 Å². The van der Waals surface area contributed by atoms with Crippen molar-refractivity contribution in [3.8, 4) is 5.75 Å². The van der Waals surface area contributed by atoms with Crippen molar-refractivity contribution in [1.82, 2.24) is 4.31 Å². The van der Waals surface area contributed by atoms with Crippen LogP contribution in [0.2, 0.25) is 0 Å². The Labute approximate surface area is 165 Å². The maximum atomic E-state index is 13.5. The molecule has 1 aromatic rings. The van der Waals surface area contributed by atoms with Crippen molar-refractivity contribution in [2.24, 2.45) is 5.92 Å². The molecule has 0 bridgehead atoms. The average Bonchev–Trinajstić information content (AvgIpc) is 3.07. The van der Waals surface area contributed by atoms with Crippen LogP contribution in [0.3, 0.4) is 0 Å². The summed E-state index contributed by atoms with van der Waals surface area (Å²) in [6, 6.07) is 3.27. The quantitative estimate of drug-likeness (QED) is 0.747. The number of nitrogens with one attached hydrogen (secondary N) is 1. The van der Waals surface area contributed by atoms with Gasteiger partial charge in [-0.05, 0) is 43.4 Å². The fraction of sp³-hybridized carbons (Fsp3) is 0.579. The van der Waals surface area contributed by atoms with Crippen LogP contribution in [-0.2, 0) is 24.3 Å². The van der Waals surface area contributed by atoms with Crippen molar-refractivity contribution < 1.29 is 27.5 Å². The van der Waals surface area contributed by atoms with Gasteiger partial charge in [-0.3, -0.25) is 9.59 Å². The number of carbonyl (C=O) groups excluding carboxylic acids is 2. The lowest BCUT2D eigenvalue weighted by Crippen LogP contribution is -2.46. The molecule has 1 saturated carbocycles. The van der Waals surface area contributed by atoms with Gasteiger partial charge < -0.3 is 14.8 Å². The van der Waals surface area contributed by atoms with Crippen molar-refractivity contribution in [3.05, 3.63) is 18.2 Å². The monoisotopic (exact) mass is 410 g/mol. The molecule has 1 N–H and O–H groups in total. The fourth-order valence-electron chi connectivity index (χ4n) is 4.36. The van der Waals surface area contributed by atoms with Crippen molar-refractivity contribution in [2.45, 2.75) is 56.0 Å². The van der Waals surface area contributed by atoms with E-state index < -0.39 is 22.0 Å². The molecule has 8 nitrogen and oxygen atoms in total. The molecule has 0 spiro atoms. The third kappa shape index (κ3) is 3.73. The van der Waals surface area contributed by atoms with E-state index >= 15 is 0 Å². The van der Waals surface area contributed by atoms with Crippen LogP contribution in [0.1, 0.15) is 39.0 Å². The third-order valence-electron chi connectivity index (χ3n) is 5.56. The summed E-state index contributed by atoms with van der Waals surface area (Å²) < 4.78 is 38.5. The molecule has 1 saturated heterocycles. The number of ether oxygens (including phenoxy) is 2. The SMILES string of the molecule is COC(=O)C1CC2CCCCC2N1S(=O)(=O)c1ccc(OC)c(NC(C)=O)c1. The summed E-state index contributed by atoms with van der Waals surface area (Å²) >= 11 is 0. The molecular weight excluding hydrogens is 384 g/mol. The maximum Gasteiger partial charge on any atom is 0.324 e.